The number of benzene rings is 1. The Morgan fingerprint density at radius 1 is 1.36 bits per heavy atom. The second-order valence-corrected chi connectivity index (χ2v) is 3.10. The minimum absolute atomic E-state index is 0.588. The molecule has 1 aromatic carbocycles. The van der Waals surface area contributed by atoms with Crippen molar-refractivity contribution in [1.29, 1.82) is 0 Å². The molecule has 0 aliphatic heterocycles. The summed E-state index contributed by atoms with van der Waals surface area (Å²) in [6, 6.07) is 6.21. The van der Waals surface area contributed by atoms with Gasteiger partial charge in [-0.05, 0) is 24.1 Å². The number of rotatable bonds is 4. The molecule has 1 aromatic rings. The number of hydrogen-bond acceptors (Lipinski definition) is 3. The van der Waals surface area contributed by atoms with E-state index in [2.05, 4.69) is 0 Å². The molecule has 0 aliphatic rings. The first kappa shape index (κ1) is 10.7. The molecule has 0 aromatic heterocycles. The van der Waals surface area contributed by atoms with Crippen molar-refractivity contribution in [3.05, 3.63) is 35.4 Å². The van der Waals surface area contributed by atoms with Gasteiger partial charge in [0.15, 0.2) is 0 Å². The summed E-state index contributed by atoms with van der Waals surface area (Å²) in [5.41, 5.74) is 12.5. The van der Waals surface area contributed by atoms with Gasteiger partial charge in [-0.3, -0.25) is 4.79 Å². The zero-order valence-corrected chi connectivity index (χ0v) is 7.81. The molecule has 4 heteroatoms. The standard InChI is InChI=1S/C10H14N2O2/c11-6-5-7-1-3-8(4-2-7)9(12)10(13)14/h1-4,9H,5-6,11-12H2,(H,13,14). The first-order chi connectivity index (χ1) is 6.65. The van der Waals surface area contributed by atoms with Gasteiger partial charge >= 0.3 is 5.97 Å². The van der Waals surface area contributed by atoms with Crippen LogP contribution in [0, 0.1) is 0 Å². The number of hydrogen-bond donors (Lipinski definition) is 3. The van der Waals surface area contributed by atoms with E-state index in [-0.39, 0.29) is 0 Å². The van der Waals surface area contributed by atoms with Gasteiger partial charge in [0.2, 0.25) is 0 Å². The molecule has 0 fully saturated rings. The molecule has 0 aliphatic carbocycles. The van der Waals surface area contributed by atoms with E-state index < -0.39 is 12.0 Å². The van der Waals surface area contributed by atoms with Gasteiger partial charge in [0.1, 0.15) is 6.04 Å². The highest BCUT2D eigenvalue weighted by Gasteiger charge is 2.13. The van der Waals surface area contributed by atoms with Crippen molar-refractivity contribution < 1.29 is 9.90 Å². The first-order valence-electron chi connectivity index (χ1n) is 4.42. The lowest BCUT2D eigenvalue weighted by atomic mass is 10.0. The predicted molar refractivity (Wildman–Crippen MR) is 53.8 cm³/mol. The molecule has 1 unspecified atom stereocenters. The average Bonchev–Trinajstić information content (AvgIpc) is 2.18. The zero-order chi connectivity index (χ0) is 10.6. The molecule has 0 radical (unpaired) electrons. The van der Waals surface area contributed by atoms with Crippen LogP contribution in [-0.2, 0) is 11.2 Å². The molecule has 0 amide bonds. The van der Waals surface area contributed by atoms with E-state index in [1.54, 1.807) is 12.1 Å². The molecule has 76 valence electrons. The van der Waals surface area contributed by atoms with E-state index in [9.17, 15) is 4.79 Å². The average molecular weight is 194 g/mol. The van der Waals surface area contributed by atoms with Crippen molar-refractivity contribution in [3.8, 4) is 0 Å². The van der Waals surface area contributed by atoms with Gasteiger partial charge < -0.3 is 16.6 Å². The summed E-state index contributed by atoms with van der Waals surface area (Å²) in [4.78, 5) is 10.6. The number of carboxylic acid groups (broad SMARTS) is 1. The van der Waals surface area contributed by atoms with Crippen molar-refractivity contribution >= 4 is 5.97 Å². The molecule has 0 saturated heterocycles. The Morgan fingerprint density at radius 3 is 2.36 bits per heavy atom. The second kappa shape index (κ2) is 4.74. The van der Waals surface area contributed by atoms with Crippen LogP contribution in [0.25, 0.3) is 0 Å². The molecule has 0 spiro atoms. The summed E-state index contributed by atoms with van der Waals surface area (Å²) in [6.45, 7) is 0.588. The maximum absolute atomic E-state index is 10.6. The van der Waals surface area contributed by atoms with Crippen LogP contribution in [-0.4, -0.2) is 17.6 Å². The Balaban J connectivity index is 2.77. The van der Waals surface area contributed by atoms with E-state index >= 15 is 0 Å². The van der Waals surface area contributed by atoms with Crippen molar-refractivity contribution in [2.45, 2.75) is 12.5 Å². The maximum atomic E-state index is 10.6. The topological polar surface area (TPSA) is 89.3 Å². The smallest absolute Gasteiger partial charge is 0.325 e. The molecule has 5 N–H and O–H groups in total. The van der Waals surface area contributed by atoms with Crippen molar-refractivity contribution in [1.82, 2.24) is 0 Å². The molecular formula is C10H14N2O2. The number of carbonyl (C=O) groups is 1. The van der Waals surface area contributed by atoms with E-state index in [0.29, 0.717) is 12.1 Å². The van der Waals surface area contributed by atoms with Gasteiger partial charge in [-0.15, -0.1) is 0 Å². The molecule has 0 saturated carbocycles. The van der Waals surface area contributed by atoms with E-state index in [1.165, 1.54) is 0 Å². The third-order valence-electron chi connectivity index (χ3n) is 2.04. The third kappa shape index (κ3) is 2.55. The summed E-state index contributed by atoms with van der Waals surface area (Å²) in [5.74, 6) is -1.02. The Kier molecular flexibility index (Phi) is 3.62. The molecule has 1 atom stereocenters. The highest BCUT2D eigenvalue weighted by Crippen LogP contribution is 2.11. The van der Waals surface area contributed by atoms with Gasteiger partial charge in [0, 0.05) is 0 Å². The molecule has 1 rings (SSSR count). The van der Waals surface area contributed by atoms with E-state index in [0.717, 1.165) is 12.0 Å². The van der Waals surface area contributed by atoms with Crippen molar-refractivity contribution in [2.75, 3.05) is 6.54 Å². The quantitative estimate of drug-likeness (QED) is 0.642. The molecule has 4 nitrogen and oxygen atoms in total. The lowest BCUT2D eigenvalue weighted by molar-refractivity contribution is -0.138. The van der Waals surface area contributed by atoms with Gasteiger partial charge in [0.05, 0.1) is 0 Å². The van der Waals surface area contributed by atoms with Crippen LogP contribution in [0.4, 0.5) is 0 Å². The van der Waals surface area contributed by atoms with E-state index in [1.807, 2.05) is 12.1 Å². The van der Waals surface area contributed by atoms with E-state index in [4.69, 9.17) is 16.6 Å². The third-order valence-corrected chi connectivity index (χ3v) is 2.04. The summed E-state index contributed by atoms with van der Waals surface area (Å²) in [7, 11) is 0. The monoisotopic (exact) mass is 194 g/mol. The lowest BCUT2D eigenvalue weighted by Crippen LogP contribution is -2.20. The molecule has 0 heterocycles. The molecule has 0 bridgehead atoms. The fraction of sp³-hybridized carbons (Fsp3) is 0.300. The minimum Gasteiger partial charge on any atom is -0.480 e. The van der Waals surface area contributed by atoms with Gasteiger partial charge in [0.25, 0.3) is 0 Å². The van der Waals surface area contributed by atoms with Gasteiger partial charge in [-0.1, -0.05) is 24.3 Å². The van der Waals surface area contributed by atoms with Crippen molar-refractivity contribution in [2.24, 2.45) is 11.5 Å². The SMILES string of the molecule is NCCc1ccc(C(N)C(=O)O)cc1. The Morgan fingerprint density at radius 2 is 1.93 bits per heavy atom. The number of carboxylic acids is 1. The Labute approximate surface area is 82.5 Å². The second-order valence-electron chi connectivity index (χ2n) is 3.10. The zero-order valence-electron chi connectivity index (χ0n) is 7.81. The largest absolute Gasteiger partial charge is 0.480 e. The Hall–Kier alpha value is -1.39. The van der Waals surface area contributed by atoms with Crippen LogP contribution in [0.5, 0.6) is 0 Å². The Bertz CT molecular complexity index is 308. The normalized spacial score (nSPS) is 12.4. The fourth-order valence-electron chi connectivity index (χ4n) is 1.20. The minimum atomic E-state index is -1.02. The van der Waals surface area contributed by atoms with Gasteiger partial charge in [-0.2, -0.15) is 0 Å². The maximum Gasteiger partial charge on any atom is 0.325 e. The highest BCUT2D eigenvalue weighted by atomic mass is 16.4. The predicted octanol–water partition coefficient (Wildman–Crippen LogP) is 0.272. The molecular weight excluding hydrogens is 180 g/mol. The molecule has 14 heavy (non-hydrogen) atoms. The van der Waals surface area contributed by atoms with Crippen LogP contribution >= 0.6 is 0 Å². The highest BCUT2D eigenvalue weighted by molar-refractivity contribution is 5.75. The van der Waals surface area contributed by atoms with Crippen LogP contribution in [0.2, 0.25) is 0 Å². The van der Waals surface area contributed by atoms with Crippen molar-refractivity contribution in [3.63, 3.8) is 0 Å². The number of nitrogens with two attached hydrogens (primary N) is 2. The fourth-order valence-corrected chi connectivity index (χ4v) is 1.20. The summed E-state index contributed by atoms with van der Waals surface area (Å²) in [6.07, 6.45) is 0.794. The summed E-state index contributed by atoms with van der Waals surface area (Å²) in [5, 5.41) is 8.66. The first-order valence-corrected chi connectivity index (χ1v) is 4.42. The van der Waals surface area contributed by atoms with Crippen LogP contribution in [0.1, 0.15) is 17.2 Å². The number of aliphatic carboxylic acids is 1. The van der Waals surface area contributed by atoms with Crippen LogP contribution in [0.3, 0.4) is 0 Å². The lowest BCUT2D eigenvalue weighted by Gasteiger charge is -2.07. The van der Waals surface area contributed by atoms with Crippen LogP contribution < -0.4 is 11.5 Å². The van der Waals surface area contributed by atoms with Crippen LogP contribution in [0.15, 0.2) is 24.3 Å². The summed E-state index contributed by atoms with van der Waals surface area (Å²) >= 11 is 0. The van der Waals surface area contributed by atoms with Gasteiger partial charge in [-0.25, -0.2) is 0 Å². The summed E-state index contributed by atoms with van der Waals surface area (Å²) < 4.78 is 0.